The molecule has 1 aliphatic heterocycles. The van der Waals surface area contributed by atoms with Gasteiger partial charge in [0.1, 0.15) is 5.82 Å². The summed E-state index contributed by atoms with van der Waals surface area (Å²) in [7, 11) is 3.24. The van der Waals surface area contributed by atoms with E-state index in [2.05, 4.69) is 23.3 Å². The van der Waals surface area contributed by atoms with Gasteiger partial charge in [-0.05, 0) is 32.2 Å². The second-order valence-corrected chi connectivity index (χ2v) is 7.44. The third-order valence-electron chi connectivity index (χ3n) is 5.73. The van der Waals surface area contributed by atoms with Gasteiger partial charge in [-0.15, -0.1) is 0 Å². The molecular weight excluding hydrogens is 330 g/mol. The number of imidazole rings is 1. The van der Waals surface area contributed by atoms with Gasteiger partial charge in [-0.3, -0.25) is 18.8 Å². The lowest BCUT2D eigenvalue weighted by atomic mass is 10.00. The second-order valence-electron chi connectivity index (χ2n) is 7.44. The first-order valence-electron chi connectivity index (χ1n) is 9.88. The van der Waals surface area contributed by atoms with Crippen LogP contribution in [0.15, 0.2) is 9.59 Å². The third kappa shape index (κ3) is 3.24. The average Bonchev–Trinajstić information content (AvgIpc) is 3.01. The number of unbranched alkanes of at least 4 members (excludes halogenated alkanes) is 1. The molecular formula is C19H31N5O2. The minimum atomic E-state index is -0.321. The van der Waals surface area contributed by atoms with Crippen LogP contribution in [0.4, 0.5) is 0 Å². The van der Waals surface area contributed by atoms with Crippen molar-refractivity contribution in [2.75, 3.05) is 6.54 Å². The number of likely N-dealkylation sites (tertiary alicyclic amines) is 1. The Morgan fingerprint density at radius 2 is 1.88 bits per heavy atom. The first-order valence-corrected chi connectivity index (χ1v) is 9.88. The van der Waals surface area contributed by atoms with Crippen LogP contribution in [0, 0.1) is 0 Å². The van der Waals surface area contributed by atoms with E-state index in [9.17, 15) is 9.59 Å². The van der Waals surface area contributed by atoms with Crippen LogP contribution in [0.3, 0.4) is 0 Å². The van der Waals surface area contributed by atoms with Gasteiger partial charge < -0.3 is 4.57 Å². The molecule has 7 nitrogen and oxygen atoms in total. The molecule has 1 fully saturated rings. The molecule has 3 heterocycles. The lowest BCUT2D eigenvalue weighted by molar-refractivity contribution is 0.131. The minimum Gasteiger partial charge on any atom is -0.321 e. The summed E-state index contributed by atoms with van der Waals surface area (Å²) >= 11 is 0. The quantitative estimate of drug-likeness (QED) is 0.789. The number of hydrogen-bond donors (Lipinski definition) is 0. The highest BCUT2D eigenvalue weighted by atomic mass is 16.2. The zero-order chi connectivity index (χ0) is 18.8. The molecule has 26 heavy (non-hydrogen) atoms. The molecule has 0 aromatic carbocycles. The summed E-state index contributed by atoms with van der Waals surface area (Å²) in [6.45, 7) is 6.97. The largest absolute Gasteiger partial charge is 0.332 e. The van der Waals surface area contributed by atoms with Crippen LogP contribution < -0.4 is 11.2 Å². The van der Waals surface area contributed by atoms with Crippen molar-refractivity contribution in [1.29, 1.82) is 0 Å². The number of piperidine rings is 1. The second kappa shape index (κ2) is 7.78. The van der Waals surface area contributed by atoms with Gasteiger partial charge >= 0.3 is 5.69 Å². The fourth-order valence-electron chi connectivity index (χ4n) is 4.08. The molecule has 7 heteroatoms. The van der Waals surface area contributed by atoms with E-state index in [-0.39, 0.29) is 11.2 Å². The topological polar surface area (TPSA) is 65.1 Å². The first-order chi connectivity index (χ1) is 12.5. The van der Waals surface area contributed by atoms with Gasteiger partial charge in [-0.1, -0.05) is 26.7 Å². The number of hydrogen-bond acceptors (Lipinski definition) is 4. The summed E-state index contributed by atoms with van der Waals surface area (Å²) < 4.78 is 4.74. The van der Waals surface area contributed by atoms with E-state index in [1.54, 1.807) is 14.1 Å². The maximum Gasteiger partial charge on any atom is 0.332 e. The van der Waals surface area contributed by atoms with Crippen LogP contribution in [0.2, 0.25) is 0 Å². The van der Waals surface area contributed by atoms with Crippen LogP contribution in [0.1, 0.15) is 58.2 Å². The molecule has 1 unspecified atom stereocenters. The third-order valence-corrected chi connectivity index (χ3v) is 5.73. The summed E-state index contributed by atoms with van der Waals surface area (Å²) in [6.07, 6.45) is 6.90. The molecule has 0 aliphatic carbocycles. The standard InChI is InChI=1S/C19H31N5O2/c1-5-7-12-24-15(13-23-11-9-8-10-14(23)6-2)20-17-16(24)18(25)22(4)19(26)21(17)3/h14H,5-13H2,1-4H3. The number of aryl methyl sites for hydroxylation is 2. The fraction of sp³-hybridized carbons (Fsp3) is 0.737. The smallest absolute Gasteiger partial charge is 0.321 e. The van der Waals surface area contributed by atoms with E-state index < -0.39 is 0 Å². The van der Waals surface area contributed by atoms with E-state index in [0.29, 0.717) is 17.2 Å². The highest BCUT2D eigenvalue weighted by Crippen LogP contribution is 2.23. The molecule has 0 N–H and O–H groups in total. The lowest BCUT2D eigenvalue weighted by Crippen LogP contribution is -2.39. The fourth-order valence-corrected chi connectivity index (χ4v) is 4.08. The molecule has 0 radical (unpaired) electrons. The van der Waals surface area contributed by atoms with Crippen molar-refractivity contribution in [3.8, 4) is 0 Å². The van der Waals surface area contributed by atoms with E-state index >= 15 is 0 Å². The molecule has 0 amide bonds. The van der Waals surface area contributed by atoms with Crippen molar-refractivity contribution < 1.29 is 0 Å². The summed E-state index contributed by atoms with van der Waals surface area (Å²) in [5, 5.41) is 0. The Kier molecular flexibility index (Phi) is 5.65. The van der Waals surface area contributed by atoms with Crippen molar-refractivity contribution in [3.63, 3.8) is 0 Å². The molecule has 0 saturated carbocycles. The molecule has 1 saturated heterocycles. The summed E-state index contributed by atoms with van der Waals surface area (Å²) in [5.41, 5.74) is 0.500. The van der Waals surface area contributed by atoms with Crippen LogP contribution in [0.25, 0.3) is 11.2 Å². The normalized spacial score (nSPS) is 18.7. The Hall–Kier alpha value is -1.89. The zero-order valence-electron chi connectivity index (χ0n) is 16.5. The average molecular weight is 361 g/mol. The van der Waals surface area contributed by atoms with E-state index in [4.69, 9.17) is 4.98 Å². The number of aromatic nitrogens is 4. The summed E-state index contributed by atoms with van der Waals surface area (Å²) in [5.74, 6) is 0.909. The SMILES string of the molecule is CCCCn1c(CN2CCCCC2CC)nc2c1c(=O)n(C)c(=O)n2C. The van der Waals surface area contributed by atoms with Gasteiger partial charge in [0.15, 0.2) is 11.2 Å². The summed E-state index contributed by atoms with van der Waals surface area (Å²) in [4.78, 5) is 32.3. The van der Waals surface area contributed by atoms with Gasteiger partial charge in [0.05, 0.1) is 6.54 Å². The predicted octanol–water partition coefficient (Wildman–Crippen LogP) is 2.00. The molecule has 0 bridgehead atoms. The Morgan fingerprint density at radius 1 is 1.12 bits per heavy atom. The van der Waals surface area contributed by atoms with Crippen LogP contribution in [0.5, 0.6) is 0 Å². The van der Waals surface area contributed by atoms with Gasteiger partial charge in [0.25, 0.3) is 5.56 Å². The van der Waals surface area contributed by atoms with Gasteiger partial charge in [0, 0.05) is 26.7 Å². The highest BCUT2D eigenvalue weighted by molar-refractivity contribution is 5.71. The molecule has 2 aromatic heterocycles. The maximum atomic E-state index is 12.8. The van der Waals surface area contributed by atoms with Crippen molar-refractivity contribution in [1.82, 2.24) is 23.6 Å². The molecule has 1 atom stereocenters. The molecule has 0 spiro atoms. The maximum absolute atomic E-state index is 12.8. The van der Waals surface area contributed by atoms with Crippen LogP contribution >= 0.6 is 0 Å². The van der Waals surface area contributed by atoms with E-state index in [1.165, 1.54) is 28.4 Å². The molecule has 1 aliphatic rings. The lowest BCUT2D eigenvalue weighted by Gasteiger charge is -2.34. The number of nitrogens with zero attached hydrogens (tertiary/aromatic N) is 5. The van der Waals surface area contributed by atoms with Crippen molar-refractivity contribution in [3.05, 3.63) is 26.7 Å². The van der Waals surface area contributed by atoms with Crippen molar-refractivity contribution in [2.24, 2.45) is 14.1 Å². The first kappa shape index (κ1) is 18.9. The Morgan fingerprint density at radius 3 is 2.58 bits per heavy atom. The van der Waals surface area contributed by atoms with Gasteiger partial charge in [-0.25, -0.2) is 9.78 Å². The van der Waals surface area contributed by atoms with Gasteiger partial charge in [-0.2, -0.15) is 0 Å². The van der Waals surface area contributed by atoms with Crippen LogP contribution in [-0.4, -0.2) is 36.2 Å². The Labute approximate surface area is 154 Å². The van der Waals surface area contributed by atoms with Crippen LogP contribution in [-0.2, 0) is 27.2 Å². The van der Waals surface area contributed by atoms with Crippen molar-refractivity contribution >= 4 is 11.2 Å². The number of rotatable bonds is 6. The highest BCUT2D eigenvalue weighted by Gasteiger charge is 2.25. The summed E-state index contributed by atoms with van der Waals surface area (Å²) in [6, 6.07) is 0.579. The Balaban J connectivity index is 2.12. The molecule has 3 rings (SSSR count). The monoisotopic (exact) mass is 361 g/mol. The molecule has 144 valence electrons. The zero-order valence-corrected chi connectivity index (χ0v) is 16.5. The van der Waals surface area contributed by atoms with Gasteiger partial charge in [0.2, 0.25) is 0 Å². The van der Waals surface area contributed by atoms with E-state index in [0.717, 1.165) is 44.7 Å². The number of fused-ring (bicyclic) bond motifs is 1. The Bertz CT molecular complexity index is 892. The van der Waals surface area contributed by atoms with E-state index in [1.807, 2.05) is 0 Å². The predicted molar refractivity (Wildman–Crippen MR) is 103 cm³/mol. The molecule has 2 aromatic rings. The minimum absolute atomic E-state index is 0.247. The van der Waals surface area contributed by atoms with Crippen molar-refractivity contribution in [2.45, 2.75) is 71.5 Å².